The van der Waals surface area contributed by atoms with Gasteiger partial charge < -0.3 is 14.4 Å². The van der Waals surface area contributed by atoms with Crippen molar-refractivity contribution in [2.45, 2.75) is 32.2 Å². The third-order valence-corrected chi connectivity index (χ3v) is 6.04. The fourth-order valence-electron chi connectivity index (χ4n) is 4.37. The van der Waals surface area contributed by atoms with Gasteiger partial charge in [-0.05, 0) is 54.8 Å². The molecule has 5 rings (SSSR count). The van der Waals surface area contributed by atoms with Crippen LogP contribution in [0.3, 0.4) is 0 Å². The molecule has 0 saturated carbocycles. The molecule has 3 heterocycles. The number of carbonyl (C=O) groups excluding carboxylic acids is 1. The minimum Gasteiger partial charge on any atom is -0.508 e. The van der Waals surface area contributed by atoms with Gasteiger partial charge in [0.1, 0.15) is 11.5 Å². The molecule has 32 heavy (non-hydrogen) atoms. The first kappa shape index (κ1) is 20.0. The van der Waals surface area contributed by atoms with Crippen LogP contribution in [0.15, 0.2) is 71.7 Å². The molecular formula is C26H22N2O4. The number of ether oxygens (including phenoxy) is 1. The molecule has 0 amide bonds. The Kier molecular flexibility index (Phi) is 4.98. The number of aromatic nitrogens is 2. The third kappa shape index (κ3) is 3.64. The highest BCUT2D eigenvalue weighted by atomic mass is 16.5. The van der Waals surface area contributed by atoms with Crippen LogP contribution in [0.4, 0.5) is 0 Å². The van der Waals surface area contributed by atoms with Crippen LogP contribution < -0.4 is 10.3 Å². The minimum absolute atomic E-state index is 0.120. The Hall–Kier alpha value is -3.93. The maximum Gasteiger partial charge on any atom is 0.312 e. The summed E-state index contributed by atoms with van der Waals surface area (Å²) in [5.41, 5.74) is 3.91. The van der Waals surface area contributed by atoms with Gasteiger partial charge in [0.2, 0.25) is 0 Å². The van der Waals surface area contributed by atoms with Gasteiger partial charge in [-0.15, -0.1) is 0 Å². The number of hydrogen-bond donors (Lipinski definition) is 1. The van der Waals surface area contributed by atoms with Gasteiger partial charge >= 0.3 is 5.97 Å². The van der Waals surface area contributed by atoms with Gasteiger partial charge in [-0.1, -0.05) is 24.3 Å². The molecule has 1 atom stereocenters. The van der Waals surface area contributed by atoms with E-state index in [0.29, 0.717) is 24.3 Å². The molecule has 4 aromatic rings. The Balaban J connectivity index is 1.56. The number of hydrogen-bond acceptors (Lipinski definition) is 5. The molecule has 0 fully saturated rings. The normalized spacial score (nSPS) is 15.4. The molecule has 160 valence electrons. The summed E-state index contributed by atoms with van der Waals surface area (Å²) in [4.78, 5) is 30.3. The number of rotatable bonds is 4. The zero-order chi connectivity index (χ0) is 22.2. The number of phenolic OH excluding ortho intramolecular Hbond substituents is 1. The van der Waals surface area contributed by atoms with Gasteiger partial charge in [0.25, 0.3) is 5.56 Å². The second-order valence-electron chi connectivity index (χ2n) is 8.12. The van der Waals surface area contributed by atoms with Crippen LogP contribution in [0.1, 0.15) is 34.7 Å². The molecule has 1 N–H and O–H groups in total. The van der Waals surface area contributed by atoms with Crippen LogP contribution in [0.25, 0.3) is 10.9 Å². The lowest BCUT2D eigenvalue weighted by molar-refractivity contribution is -0.135. The Morgan fingerprint density at radius 3 is 2.72 bits per heavy atom. The maximum absolute atomic E-state index is 13.6. The lowest BCUT2D eigenvalue weighted by atomic mass is 9.86. The molecule has 0 bridgehead atoms. The Morgan fingerprint density at radius 2 is 1.91 bits per heavy atom. The summed E-state index contributed by atoms with van der Waals surface area (Å²) in [5.74, 6) is -0.148. The van der Waals surface area contributed by atoms with E-state index in [1.165, 1.54) is 0 Å². The smallest absolute Gasteiger partial charge is 0.312 e. The molecule has 1 aliphatic rings. The quantitative estimate of drug-likeness (QED) is 0.497. The molecule has 2 aromatic heterocycles. The van der Waals surface area contributed by atoms with Gasteiger partial charge in [-0.3, -0.25) is 14.6 Å². The second-order valence-corrected chi connectivity index (χ2v) is 8.12. The first-order valence-corrected chi connectivity index (χ1v) is 10.6. The molecule has 1 unspecified atom stereocenters. The van der Waals surface area contributed by atoms with Crippen LogP contribution >= 0.6 is 0 Å². The largest absolute Gasteiger partial charge is 0.508 e. The minimum atomic E-state index is -0.371. The SMILES string of the molecule is Cc1cc2c(c(=O)n1CCc1ccc(O)cc1)C(c1ccc3ncccc3c1)CC(=O)O2. The van der Waals surface area contributed by atoms with E-state index in [1.54, 1.807) is 29.0 Å². The highest BCUT2D eigenvalue weighted by molar-refractivity contribution is 5.81. The Bertz CT molecular complexity index is 1390. The van der Waals surface area contributed by atoms with E-state index < -0.39 is 0 Å². The van der Waals surface area contributed by atoms with Crippen LogP contribution in [0, 0.1) is 6.92 Å². The number of pyridine rings is 2. The summed E-state index contributed by atoms with van der Waals surface area (Å²) in [7, 11) is 0. The third-order valence-electron chi connectivity index (χ3n) is 6.04. The van der Waals surface area contributed by atoms with E-state index in [9.17, 15) is 14.7 Å². The molecule has 2 aromatic carbocycles. The molecule has 0 saturated heterocycles. The number of esters is 1. The molecule has 0 radical (unpaired) electrons. The van der Waals surface area contributed by atoms with Crippen molar-refractivity contribution in [3.8, 4) is 11.5 Å². The average Bonchev–Trinajstić information content (AvgIpc) is 2.79. The second kappa shape index (κ2) is 7.96. The van der Waals surface area contributed by atoms with Crippen molar-refractivity contribution in [3.05, 3.63) is 99.6 Å². The number of phenols is 1. The lowest BCUT2D eigenvalue weighted by Crippen LogP contribution is -2.33. The molecule has 6 heteroatoms. The first-order chi connectivity index (χ1) is 15.5. The number of fused-ring (bicyclic) bond motifs is 2. The van der Waals surface area contributed by atoms with Crippen molar-refractivity contribution in [1.29, 1.82) is 0 Å². The molecule has 6 nitrogen and oxygen atoms in total. The number of aryl methyl sites for hydroxylation is 2. The summed E-state index contributed by atoms with van der Waals surface area (Å²) in [6.45, 7) is 2.34. The van der Waals surface area contributed by atoms with Gasteiger partial charge in [0.15, 0.2) is 0 Å². The maximum atomic E-state index is 13.6. The predicted molar refractivity (Wildman–Crippen MR) is 121 cm³/mol. The zero-order valence-electron chi connectivity index (χ0n) is 17.6. The van der Waals surface area contributed by atoms with E-state index in [1.807, 2.05) is 49.4 Å². The van der Waals surface area contributed by atoms with Crippen LogP contribution in [-0.2, 0) is 17.8 Å². The fraction of sp³-hybridized carbons (Fsp3) is 0.192. The zero-order valence-corrected chi connectivity index (χ0v) is 17.6. The monoisotopic (exact) mass is 426 g/mol. The summed E-state index contributed by atoms with van der Waals surface area (Å²) in [6, 6.07) is 18.4. The fourth-order valence-corrected chi connectivity index (χ4v) is 4.37. The van der Waals surface area contributed by atoms with Crippen molar-refractivity contribution in [3.63, 3.8) is 0 Å². The van der Waals surface area contributed by atoms with Crippen LogP contribution in [0.2, 0.25) is 0 Å². The topological polar surface area (TPSA) is 81.4 Å². The van der Waals surface area contributed by atoms with E-state index in [2.05, 4.69) is 4.98 Å². The average molecular weight is 426 g/mol. The van der Waals surface area contributed by atoms with Crippen molar-refractivity contribution < 1.29 is 14.6 Å². The van der Waals surface area contributed by atoms with Crippen molar-refractivity contribution in [1.82, 2.24) is 9.55 Å². The van der Waals surface area contributed by atoms with Gasteiger partial charge in [-0.25, -0.2) is 0 Å². The van der Waals surface area contributed by atoms with E-state index >= 15 is 0 Å². The number of benzene rings is 2. The number of carbonyl (C=O) groups is 1. The Labute approximate surface area is 184 Å². The molecule has 1 aliphatic heterocycles. The molecule has 0 spiro atoms. The van der Waals surface area contributed by atoms with E-state index in [0.717, 1.165) is 27.7 Å². The summed E-state index contributed by atoms with van der Waals surface area (Å²) < 4.78 is 7.21. The van der Waals surface area contributed by atoms with E-state index in [4.69, 9.17) is 4.74 Å². The summed E-state index contributed by atoms with van der Waals surface area (Å²) >= 11 is 0. The van der Waals surface area contributed by atoms with Crippen molar-refractivity contribution >= 4 is 16.9 Å². The summed E-state index contributed by atoms with van der Waals surface area (Å²) in [6.07, 6.45) is 2.51. The number of nitrogens with zero attached hydrogens (tertiary/aromatic N) is 2. The molecular weight excluding hydrogens is 404 g/mol. The van der Waals surface area contributed by atoms with Crippen molar-refractivity contribution in [2.24, 2.45) is 0 Å². The standard InChI is InChI=1S/C26H22N2O4/c1-16-13-23-25(26(31)28(16)12-10-17-4-7-20(29)8-5-17)21(15-24(30)32-23)18-6-9-22-19(14-18)3-2-11-27-22/h2-9,11,13-14,21,29H,10,12,15H2,1H3. The van der Waals surface area contributed by atoms with Gasteiger partial charge in [0.05, 0.1) is 17.5 Å². The highest BCUT2D eigenvalue weighted by Gasteiger charge is 2.32. The Morgan fingerprint density at radius 1 is 1.09 bits per heavy atom. The van der Waals surface area contributed by atoms with E-state index in [-0.39, 0.29) is 29.6 Å². The molecule has 0 aliphatic carbocycles. The number of aromatic hydroxyl groups is 1. The summed E-state index contributed by atoms with van der Waals surface area (Å²) in [5, 5.41) is 10.5. The van der Waals surface area contributed by atoms with Crippen LogP contribution in [0.5, 0.6) is 11.5 Å². The van der Waals surface area contributed by atoms with Crippen LogP contribution in [-0.4, -0.2) is 20.6 Å². The highest BCUT2D eigenvalue weighted by Crippen LogP contribution is 2.37. The van der Waals surface area contributed by atoms with Crippen molar-refractivity contribution in [2.75, 3.05) is 0 Å². The first-order valence-electron chi connectivity index (χ1n) is 10.6. The predicted octanol–water partition coefficient (Wildman–Crippen LogP) is 4.09. The lowest BCUT2D eigenvalue weighted by Gasteiger charge is -2.26. The van der Waals surface area contributed by atoms with Gasteiger partial charge in [-0.2, -0.15) is 0 Å². The van der Waals surface area contributed by atoms with Gasteiger partial charge in [0, 0.05) is 35.8 Å².